The summed E-state index contributed by atoms with van der Waals surface area (Å²) in [5.74, 6) is 0.604. The van der Waals surface area contributed by atoms with Gasteiger partial charge >= 0.3 is 0 Å². The molecule has 1 aromatic heterocycles. The summed E-state index contributed by atoms with van der Waals surface area (Å²) in [4.78, 5) is 30.8. The number of carbonyl (C=O) groups is 2. The van der Waals surface area contributed by atoms with Crippen LogP contribution in [0.3, 0.4) is 0 Å². The van der Waals surface area contributed by atoms with Crippen LogP contribution in [0.2, 0.25) is 0 Å². The topological polar surface area (TPSA) is 95.3 Å². The number of hydrogen-bond donors (Lipinski definition) is 1. The first kappa shape index (κ1) is 20.3. The minimum Gasteiger partial charge on any atom is -0.438 e. The maximum absolute atomic E-state index is 12.8. The number of benzene rings is 1. The molecule has 0 bridgehead atoms. The summed E-state index contributed by atoms with van der Waals surface area (Å²) in [5.41, 5.74) is 1.83. The summed E-state index contributed by atoms with van der Waals surface area (Å²) in [6.45, 7) is 4.30. The fourth-order valence-electron chi connectivity index (χ4n) is 3.43. The van der Waals surface area contributed by atoms with Crippen LogP contribution < -0.4 is 10.1 Å². The van der Waals surface area contributed by atoms with Gasteiger partial charge in [0.25, 0.3) is 0 Å². The molecule has 1 unspecified atom stereocenters. The zero-order valence-electron chi connectivity index (χ0n) is 16.6. The van der Waals surface area contributed by atoms with Gasteiger partial charge in [-0.1, -0.05) is 6.92 Å². The fraction of sp³-hybridized carbons (Fsp3) is 0.364. The Hall–Kier alpha value is -3.40. The van der Waals surface area contributed by atoms with Crippen LogP contribution in [0.5, 0.6) is 11.6 Å². The van der Waals surface area contributed by atoms with Crippen molar-refractivity contribution in [1.82, 2.24) is 9.88 Å². The van der Waals surface area contributed by atoms with Crippen molar-refractivity contribution in [3.05, 3.63) is 47.7 Å². The van der Waals surface area contributed by atoms with Gasteiger partial charge in [-0.15, -0.1) is 0 Å². The zero-order chi connectivity index (χ0) is 20.8. The lowest BCUT2D eigenvalue weighted by atomic mass is 10.0. The number of likely N-dealkylation sites (tertiary alicyclic amines) is 1. The average Bonchev–Trinajstić information content (AvgIpc) is 2.75. The molecule has 7 nitrogen and oxygen atoms in total. The van der Waals surface area contributed by atoms with E-state index in [1.54, 1.807) is 41.4 Å². The van der Waals surface area contributed by atoms with Crippen molar-refractivity contribution in [3.8, 4) is 17.7 Å². The van der Waals surface area contributed by atoms with E-state index < -0.39 is 6.04 Å². The second-order valence-corrected chi connectivity index (χ2v) is 6.99. The standard InChI is InChI=1S/C22H24N4O3/c1-3-20(27)26-12-5-4-8-19(26)21(28)25-18-10-9-17(13-15(18)2)29-22-16(14-23)7-6-11-24-22/h6-7,9-11,13,19H,3-5,8,12H2,1-2H3,(H,25,28). The second-order valence-electron chi connectivity index (χ2n) is 6.99. The van der Waals surface area contributed by atoms with Crippen molar-refractivity contribution in [3.63, 3.8) is 0 Å². The zero-order valence-corrected chi connectivity index (χ0v) is 16.6. The lowest BCUT2D eigenvalue weighted by molar-refractivity contribution is -0.140. The van der Waals surface area contributed by atoms with Gasteiger partial charge in [-0.25, -0.2) is 4.98 Å². The SMILES string of the molecule is CCC(=O)N1CCCCC1C(=O)Nc1ccc(Oc2ncccc2C#N)cc1C. The molecule has 0 spiro atoms. The second kappa shape index (κ2) is 9.20. The smallest absolute Gasteiger partial charge is 0.247 e. The molecule has 3 rings (SSSR count). The van der Waals surface area contributed by atoms with Gasteiger partial charge in [0.05, 0.1) is 0 Å². The molecule has 29 heavy (non-hydrogen) atoms. The molecule has 2 amide bonds. The van der Waals surface area contributed by atoms with Crippen LogP contribution >= 0.6 is 0 Å². The quantitative estimate of drug-likeness (QED) is 0.835. The molecule has 1 aliphatic heterocycles. The Labute approximate surface area is 170 Å². The number of anilines is 1. The Morgan fingerprint density at radius 2 is 2.17 bits per heavy atom. The first-order valence-corrected chi connectivity index (χ1v) is 9.77. The summed E-state index contributed by atoms with van der Waals surface area (Å²) in [6.07, 6.45) is 4.49. The number of amides is 2. The van der Waals surface area contributed by atoms with E-state index in [9.17, 15) is 9.59 Å². The third-order valence-electron chi connectivity index (χ3n) is 4.99. The van der Waals surface area contributed by atoms with Crippen molar-refractivity contribution in [1.29, 1.82) is 5.26 Å². The first-order chi connectivity index (χ1) is 14.0. The van der Waals surface area contributed by atoms with Gasteiger partial charge in [0.15, 0.2) is 0 Å². The van der Waals surface area contributed by atoms with E-state index in [4.69, 9.17) is 10.00 Å². The molecule has 1 atom stereocenters. The predicted molar refractivity (Wildman–Crippen MR) is 108 cm³/mol. The van der Waals surface area contributed by atoms with Gasteiger partial charge in [0.2, 0.25) is 17.7 Å². The molecule has 7 heteroatoms. The first-order valence-electron chi connectivity index (χ1n) is 9.77. The number of pyridine rings is 1. The molecule has 150 valence electrons. The number of hydrogen-bond acceptors (Lipinski definition) is 5. The summed E-state index contributed by atoms with van der Waals surface area (Å²) in [5, 5.41) is 12.1. The minimum absolute atomic E-state index is 0.00831. The molecule has 1 N–H and O–H groups in total. The van der Waals surface area contributed by atoms with E-state index in [1.807, 2.05) is 19.9 Å². The molecule has 1 fully saturated rings. The van der Waals surface area contributed by atoms with Crippen LogP contribution in [0.4, 0.5) is 5.69 Å². The average molecular weight is 392 g/mol. The highest BCUT2D eigenvalue weighted by atomic mass is 16.5. The molecule has 0 aliphatic carbocycles. The van der Waals surface area contributed by atoms with E-state index in [-0.39, 0.29) is 17.7 Å². The molecule has 1 aliphatic rings. The van der Waals surface area contributed by atoms with E-state index in [0.717, 1.165) is 18.4 Å². The largest absolute Gasteiger partial charge is 0.438 e. The maximum Gasteiger partial charge on any atom is 0.247 e. The van der Waals surface area contributed by atoms with E-state index >= 15 is 0 Å². The Morgan fingerprint density at radius 3 is 2.90 bits per heavy atom. The molecular weight excluding hydrogens is 368 g/mol. The van der Waals surface area contributed by atoms with E-state index in [2.05, 4.69) is 10.3 Å². The van der Waals surface area contributed by atoms with Crippen molar-refractivity contribution in [2.24, 2.45) is 0 Å². The van der Waals surface area contributed by atoms with Gasteiger partial charge in [0.1, 0.15) is 23.4 Å². The predicted octanol–water partition coefficient (Wildman–Crippen LogP) is 3.78. The van der Waals surface area contributed by atoms with Gasteiger partial charge < -0.3 is 15.0 Å². The number of nitriles is 1. The molecule has 1 saturated heterocycles. The fourth-order valence-corrected chi connectivity index (χ4v) is 3.43. The number of carbonyl (C=O) groups excluding carboxylic acids is 2. The number of aromatic nitrogens is 1. The molecule has 2 heterocycles. The van der Waals surface area contributed by atoms with Crippen LogP contribution in [-0.2, 0) is 9.59 Å². The summed E-state index contributed by atoms with van der Waals surface area (Å²) in [6, 6.07) is 10.2. The molecule has 1 aromatic carbocycles. The van der Waals surface area contributed by atoms with Crippen LogP contribution in [0, 0.1) is 18.3 Å². The van der Waals surface area contributed by atoms with Crippen LogP contribution in [0.25, 0.3) is 0 Å². The Balaban J connectivity index is 1.72. The Morgan fingerprint density at radius 1 is 1.34 bits per heavy atom. The molecule has 2 aromatic rings. The lowest BCUT2D eigenvalue weighted by Gasteiger charge is -2.34. The molecular formula is C22H24N4O3. The summed E-state index contributed by atoms with van der Waals surface area (Å²) < 4.78 is 5.72. The highest BCUT2D eigenvalue weighted by Crippen LogP contribution is 2.27. The van der Waals surface area contributed by atoms with E-state index in [1.165, 1.54) is 0 Å². The van der Waals surface area contributed by atoms with Crippen molar-refractivity contribution < 1.29 is 14.3 Å². The van der Waals surface area contributed by atoms with Crippen molar-refractivity contribution in [2.45, 2.75) is 45.6 Å². The third kappa shape index (κ3) is 4.72. The highest BCUT2D eigenvalue weighted by Gasteiger charge is 2.31. The highest BCUT2D eigenvalue weighted by molar-refractivity contribution is 5.97. The maximum atomic E-state index is 12.8. The van der Waals surface area contributed by atoms with Gasteiger partial charge in [-0.05, 0) is 62.1 Å². The lowest BCUT2D eigenvalue weighted by Crippen LogP contribution is -2.49. The number of nitrogens with zero attached hydrogens (tertiary/aromatic N) is 3. The number of piperidine rings is 1. The normalized spacial score (nSPS) is 16.0. The van der Waals surface area contributed by atoms with Crippen LogP contribution in [0.15, 0.2) is 36.5 Å². The van der Waals surface area contributed by atoms with Gasteiger partial charge in [0, 0.05) is 24.8 Å². The van der Waals surface area contributed by atoms with Crippen molar-refractivity contribution in [2.75, 3.05) is 11.9 Å². The Bertz CT molecular complexity index is 951. The summed E-state index contributed by atoms with van der Waals surface area (Å²) in [7, 11) is 0. The van der Waals surface area contributed by atoms with Gasteiger partial charge in [-0.3, -0.25) is 9.59 Å². The number of aryl methyl sites for hydroxylation is 1. The van der Waals surface area contributed by atoms with Gasteiger partial charge in [-0.2, -0.15) is 5.26 Å². The number of nitrogens with one attached hydrogen (secondary N) is 1. The number of ether oxygens (including phenoxy) is 1. The van der Waals surface area contributed by atoms with Crippen LogP contribution in [-0.4, -0.2) is 34.3 Å². The Kier molecular flexibility index (Phi) is 6.45. The third-order valence-corrected chi connectivity index (χ3v) is 4.99. The van der Waals surface area contributed by atoms with E-state index in [0.29, 0.717) is 36.4 Å². The molecule has 0 radical (unpaired) electrons. The monoisotopic (exact) mass is 392 g/mol. The molecule has 0 saturated carbocycles. The van der Waals surface area contributed by atoms with Crippen molar-refractivity contribution >= 4 is 17.5 Å². The minimum atomic E-state index is -0.432. The van der Waals surface area contributed by atoms with Crippen LogP contribution in [0.1, 0.15) is 43.7 Å². The number of rotatable bonds is 5. The summed E-state index contributed by atoms with van der Waals surface area (Å²) >= 11 is 0.